The number of pyridine rings is 1. The molecule has 1 fully saturated rings. The molecular formula is C24H27N3O. The van der Waals surface area contributed by atoms with E-state index in [0.717, 1.165) is 48.3 Å². The van der Waals surface area contributed by atoms with Crippen LogP contribution in [0.1, 0.15) is 32.7 Å². The van der Waals surface area contributed by atoms with Gasteiger partial charge in [0.15, 0.2) is 0 Å². The van der Waals surface area contributed by atoms with Crippen LogP contribution in [-0.2, 0) is 0 Å². The normalized spacial score (nSPS) is 14.6. The Morgan fingerprint density at radius 2 is 1.68 bits per heavy atom. The van der Waals surface area contributed by atoms with Crippen molar-refractivity contribution in [2.75, 3.05) is 31.1 Å². The number of aromatic nitrogens is 1. The first-order valence-corrected chi connectivity index (χ1v) is 9.92. The fourth-order valence-corrected chi connectivity index (χ4v) is 4.01. The van der Waals surface area contributed by atoms with Crippen molar-refractivity contribution >= 4 is 22.5 Å². The van der Waals surface area contributed by atoms with Crippen LogP contribution in [0.3, 0.4) is 0 Å². The first-order chi connectivity index (χ1) is 13.4. The highest BCUT2D eigenvalue weighted by Gasteiger charge is 2.24. The Morgan fingerprint density at radius 3 is 2.43 bits per heavy atom. The van der Waals surface area contributed by atoms with E-state index in [1.54, 1.807) is 0 Å². The molecule has 0 bridgehead atoms. The molecule has 2 aromatic carbocycles. The standard InChI is InChI=1S/C24H27N3O/c1-16-8-9-22-20(14-16)15-21(19(4)25-22)24(28)27-12-10-26(11-13-27)23-7-5-6-17(2)18(23)3/h5-9,14-15H,10-13H2,1-4H3. The molecule has 144 valence electrons. The van der Waals surface area contributed by atoms with E-state index >= 15 is 0 Å². The highest BCUT2D eigenvalue weighted by Crippen LogP contribution is 2.25. The quantitative estimate of drug-likeness (QED) is 0.667. The summed E-state index contributed by atoms with van der Waals surface area (Å²) >= 11 is 0. The van der Waals surface area contributed by atoms with Crippen LogP contribution in [-0.4, -0.2) is 42.0 Å². The van der Waals surface area contributed by atoms with Gasteiger partial charge in [-0.25, -0.2) is 0 Å². The van der Waals surface area contributed by atoms with E-state index in [4.69, 9.17) is 0 Å². The maximum atomic E-state index is 13.2. The van der Waals surface area contributed by atoms with E-state index in [1.165, 1.54) is 22.4 Å². The van der Waals surface area contributed by atoms with Gasteiger partial charge >= 0.3 is 0 Å². The highest BCUT2D eigenvalue weighted by atomic mass is 16.2. The maximum Gasteiger partial charge on any atom is 0.255 e. The van der Waals surface area contributed by atoms with Crippen LogP contribution in [0.2, 0.25) is 0 Å². The minimum Gasteiger partial charge on any atom is -0.368 e. The number of amides is 1. The number of hydrogen-bond acceptors (Lipinski definition) is 3. The summed E-state index contributed by atoms with van der Waals surface area (Å²) in [4.78, 5) is 22.2. The summed E-state index contributed by atoms with van der Waals surface area (Å²) in [6, 6.07) is 14.6. The molecule has 0 aliphatic carbocycles. The lowest BCUT2D eigenvalue weighted by atomic mass is 10.1. The summed E-state index contributed by atoms with van der Waals surface area (Å²) < 4.78 is 0. The Labute approximate surface area is 166 Å². The topological polar surface area (TPSA) is 36.4 Å². The van der Waals surface area contributed by atoms with Crippen molar-refractivity contribution in [3.8, 4) is 0 Å². The van der Waals surface area contributed by atoms with Crippen LogP contribution >= 0.6 is 0 Å². The number of benzene rings is 2. The second-order valence-electron chi connectivity index (χ2n) is 7.82. The number of anilines is 1. The average molecular weight is 374 g/mol. The lowest BCUT2D eigenvalue weighted by Gasteiger charge is -2.37. The van der Waals surface area contributed by atoms with Gasteiger partial charge in [0.25, 0.3) is 5.91 Å². The molecule has 1 aliphatic rings. The van der Waals surface area contributed by atoms with Crippen LogP contribution in [0.5, 0.6) is 0 Å². The number of hydrogen-bond donors (Lipinski definition) is 0. The number of rotatable bonds is 2. The fraction of sp³-hybridized carbons (Fsp3) is 0.333. The van der Waals surface area contributed by atoms with Gasteiger partial charge in [-0.05, 0) is 63.1 Å². The minimum absolute atomic E-state index is 0.0917. The van der Waals surface area contributed by atoms with E-state index in [9.17, 15) is 4.79 Å². The number of carbonyl (C=O) groups is 1. The maximum absolute atomic E-state index is 13.2. The van der Waals surface area contributed by atoms with Crippen molar-refractivity contribution < 1.29 is 4.79 Å². The SMILES string of the molecule is Cc1ccc2nc(C)c(C(=O)N3CCN(c4cccc(C)c4C)CC3)cc2c1. The molecular weight excluding hydrogens is 346 g/mol. The molecule has 1 amide bonds. The monoisotopic (exact) mass is 373 g/mol. The van der Waals surface area contributed by atoms with Gasteiger partial charge in [-0.1, -0.05) is 23.8 Å². The Bertz CT molecular complexity index is 1050. The fourth-order valence-electron chi connectivity index (χ4n) is 4.01. The van der Waals surface area contributed by atoms with Crippen LogP contribution in [0.25, 0.3) is 10.9 Å². The molecule has 1 aliphatic heterocycles. The molecule has 28 heavy (non-hydrogen) atoms. The number of piperazine rings is 1. The Morgan fingerprint density at radius 1 is 0.929 bits per heavy atom. The lowest BCUT2D eigenvalue weighted by molar-refractivity contribution is 0.0745. The van der Waals surface area contributed by atoms with Crippen molar-refractivity contribution in [1.29, 1.82) is 0 Å². The van der Waals surface area contributed by atoms with E-state index in [1.807, 2.05) is 24.0 Å². The zero-order valence-corrected chi connectivity index (χ0v) is 17.1. The van der Waals surface area contributed by atoms with E-state index in [0.29, 0.717) is 0 Å². The van der Waals surface area contributed by atoms with E-state index in [-0.39, 0.29) is 5.91 Å². The summed E-state index contributed by atoms with van der Waals surface area (Å²) in [5.41, 5.74) is 7.57. The van der Waals surface area contributed by atoms with Gasteiger partial charge < -0.3 is 9.80 Å². The molecule has 0 unspecified atom stereocenters. The third-order valence-electron chi connectivity index (χ3n) is 5.87. The Balaban J connectivity index is 1.53. The van der Waals surface area contributed by atoms with Crippen LogP contribution in [0, 0.1) is 27.7 Å². The zero-order valence-electron chi connectivity index (χ0n) is 17.1. The average Bonchev–Trinajstić information content (AvgIpc) is 2.69. The largest absolute Gasteiger partial charge is 0.368 e. The smallest absolute Gasteiger partial charge is 0.255 e. The molecule has 0 N–H and O–H groups in total. The molecule has 1 saturated heterocycles. The third kappa shape index (κ3) is 3.35. The highest BCUT2D eigenvalue weighted by molar-refractivity contribution is 5.98. The number of carbonyl (C=O) groups excluding carboxylic acids is 1. The summed E-state index contributed by atoms with van der Waals surface area (Å²) in [6.45, 7) is 11.5. The van der Waals surface area contributed by atoms with E-state index < -0.39 is 0 Å². The van der Waals surface area contributed by atoms with Gasteiger partial charge in [0.2, 0.25) is 0 Å². The second-order valence-corrected chi connectivity index (χ2v) is 7.82. The minimum atomic E-state index is 0.0917. The second kappa shape index (κ2) is 7.27. The molecule has 0 atom stereocenters. The molecule has 3 aromatic rings. The first kappa shape index (κ1) is 18.5. The zero-order chi connectivity index (χ0) is 19.8. The first-order valence-electron chi connectivity index (χ1n) is 9.92. The lowest BCUT2D eigenvalue weighted by Crippen LogP contribution is -2.49. The third-order valence-corrected chi connectivity index (χ3v) is 5.87. The van der Waals surface area contributed by atoms with Gasteiger partial charge in [-0.3, -0.25) is 9.78 Å². The number of fused-ring (bicyclic) bond motifs is 1. The summed E-state index contributed by atoms with van der Waals surface area (Å²) in [7, 11) is 0. The van der Waals surface area contributed by atoms with Crippen molar-refractivity contribution in [2.24, 2.45) is 0 Å². The molecule has 0 spiro atoms. The Hall–Kier alpha value is -2.88. The summed E-state index contributed by atoms with van der Waals surface area (Å²) in [5, 5.41) is 1.03. The molecule has 4 nitrogen and oxygen atoms in total. The Kier molecular flexibility index (Phi) is 4.80. The number of aryl methyl sites for hydroxylation is 3. The molecule has 1 aromatic heterocycles. The summed E-state index contributed by atoms with van der Waals surface area (Å²) in [6.07, 6.45) is 0. The van der Waals surface area contributed by atoms with Gasteiger partial charge in [0.05, 0.1) is 16.8 Å². The summed E-state index contributed by atoms with van der Waals surface area (Å²) in [5.74, 6) is 0.0917. The molecule has 4 rings (SSSR count). The van der Waals surface area contributed by atoms with Crippen LogP contribution in [0.15, 0.2) is 42.5 Å². The van der Waals surface area contributed by atoms with Gasteiger partial charge in [0, 0.05) is 37.3 Å². The van der Waals surface area contributed by atoms with Crippen LogP contribution in [0.4, 0.5) is 5.69 Å². The van der Waals surface area contributed by atoms with Gasteiger partial charge in [0.1, 0.15) is 0 Å². The van der Waals surface area contributed by atoms with Gasteiger partial charge in [-0.2, -0.15) is 0 Å². The van der Waals surface area contributed by atoms with Crippen LogP contribution < -0.4 is 4.90 Å². The predicted octanol–water partition coefficient (Wildman–Crippen LogP) is 4.43. The van der Waals surface area contributed by atoms with Crippen molar-refractivity contribution in [3.63, 3.8) is 0 Å². The number of nitrogens with zero attached hydrogens (tertiary/aromatic N) is 3. The molecule has 0 radical (unpaired) electrons. The predicted molar refractivity (Wildman–Crippen MR) is 115 cm³/mol. The van der Waals surface area contributed by atoms with Crippen molar-refractivity contribution in [1.82, 2.24) is 9.88 Å². The molecule has 2 heterocycles. The molecule has 0 saturated carbocycles. The van der Waals surface area contributed by atoms with Crippen molar-refractivity contribution in [3.05, 3.63) is 70.4 Å². The molecule has 4 heteroatoms. The van der Waals surface area contributed by atoms with Crippen molar-refractivity contribution in [2.45, 2.75) is 27.7 Å². The van der Waals surface area contributed by atoms with Gasteiger partial charge in [-0.15, -0.1) is 0 Å². The van der Waals surface area contributed by atoms with E-state index in [2.05, 4.69) is 61.0 Å².